The minimum absolute atomic E-state index is 0.0706. The standard InChI is InChI=1S/C7H5ClN4O/c8-5-3-11-4(7(10)12-5)1-2-6(9)13/h3H,(H2,9,13)(H2,10,12). The highest BCUT2D eigenvalue weighted by Gasteiger charge is 1.99. The van der Waals surface area contributed by atoms with Crippen molar-refractivity contribution < 1.29 is 4.79 Å². The van der Waals surface area contributed by atoms with Gasteiger partial charge in [0.1, 0.15) is 5.15 Å². The molecule has 0 aromatic carbocycles. The van der Waals surface area contributed by atoms with Crippen molar-refractivity contribution in [2.45, 2.75) is 0 Å². The van der Waals surface area contributed by atoms with Gasteiger partial charge in [-0.2, -0.15) is 0 Å². The molecular weight excluding hydrogens is 192 g/mol. The minimum atomic E-state index is -0.754. The SMILES string of the molecule is NC(=O)C#Cc1ncc(Cl)nc1N. The molecule has 13 heavy (non-hydrogen) atoms. The van der Waals surface area contributed by atoms with Crippen LogP contribution in [0.4, 0.5) is 5.82 Å². The van der Waals surface area contributed by atoms with E-state index in [1.54, 1.807) is 0 Å². The van der Waals surface area contributed by atoms with Crippen molar-refractivity contribution in [3.63, 3.8) is 0 Å². The van der Waals surface area contributed by atoms with Gasteiger partial charge < -0.3 is 11.5 Å². The normalized spacial score (nSPS) is 8.69. The summed E-state index contributed by atoms with van der Waals surface area (Å²) in [5.41, 5.74) is 10.4. The first kappa shape index (κ1) is 9.29. The number of hydrogen-bond acceptors (Lipinski definition) is 4. The molecule has 0 aliphatic rings. The van der Waals surface area contributed by atoms with E-state index in [4.69, 9.17) is 23.1 Å². The number of nitrogens with zero attached hydrogens (tertiary/aromatic N) is 2. The average molecular weight is 197 g/mol. The van der Waals surface area contributed by atoms with Crippen molar-refractivity contribution in [2.24, 2.45) is 5.73 Å². The second-order valence-electron chi connectivity index (χ2n) is 2.04. The van der Waals surface area contributed by atoms with Gasteiger partial charge in [0, 0.05) is 5.92 Å². The highest BCUT2D eigenvalue weighted by atomic mass is 35.5. The molecule has 0 aliphatic heterocycles. The number of carbonyl (C=O) groups is 1. The summed E-state index contributed by atoms with van der Waals surface area (Å²) in [4.78, 5) is 17.7. The molecule has 0 unspecified atom stereocenters. The van der Waals surface area contributed by atoms with Crippen LogP contribution in [0, 0.1) is 11.8 Å². The number of anilines is 1. The third-order valence-corrected chi connectivity index (χ3v) is 1.26. The van der Waals surface area contributed by atoms with E-state index < -0.39 is 5.91 Å². The first-order chi connectivity index (χ1) is 6.09. The van der Waals surface area contributed by atoms with Crippen molar-refractivity contribution in [2.75, 3.05) is 5.73 Å². The average Bonchev–Trinajstić information content (AvgIpc) is 2.02. The molecule has 4 N–H and O–H groups in total. The lowest BCUT2D eigenvalue weighted by Crippen LogP contribution is -2.06. The zero-order valence-electron chi connectivity index (χ0n) is 6.41. The minimum Gasteiger partial charge on any atom is -0.381 e. The molecular formula is C7H5ClN4O. The predicted octanol–water partition coefficient (Wildman–Crippen LogP) is -0.451. The molecule has 0 aliphatic carbocycles. The largest absolute Gasteiger partial charge is 0.381 e. The van der Waals surface area contributed by atoms with E-state index in [2.05, 4.69) is 21.8 Å². The van der Waals surface area contributed by atoms with Crippen LogP contribution in [-0.4, -0.2) is 15.9 Å². The molecule has 0 saturated carbocycles. The topological polar surface area (TPSA) is 94.9 Å². The zero-order chi connectivity index (χ0) is 9.84. The Hall–Kier alpha value is -1.80. The number of halogens is 1. The maximum Gasteiger partial charge on any atom is 0.293 e. The summed E-state index contributed by atoms with van der Waals surface area (Å²) >= 11 is 5.49. The van der Waals surface area contributed by atoms with Crippen LogP contribution in [0.25, 0.3) is 0 Å². The van der Waals surface area contributed by atoms with Crippen molar-refractivity contribution >= 4 is 23.3 Å². The number of aromatic nitrogens is 2. The Morgan fingerprint density at radius 1 is 1.62 bits per heavy atom. The van der Waals surface area contributed by atoms with Gasteiger partial charge in [-0.05, 0) is 5.92 Å². The quantitative estimate of drug-likeness (QED) is 0.550. The van der Waals surface area contributed by atoms with Crippen LogP contribution in [0.2, 0.25) is 5.15 Å². The van der Waals surface area contributed by atoms with Crippen LogP contribution in [0.15, 0.2) is 6.20 Å². The summed E-state index contributed by atoms with van der Waals surface area (Å²) in [6.07, 6.45) is 1.28. The Kier molecular flexibility index (Phi) is 2.67. The number of carbonyl (C=O) groups excluding carboxylic acids is 1. The van der Waals surface area contributed by atoms with E-state index in [1.807, 2.05) is 0 Å². The summed E-state index contributed by atoms with van der Waals surface area (Å²) in [5, 5.41) is 0.169. The molecule has 1 aromatic rings. The van der Waals surface area contributed by atoms with Crippen LogP contribution in [0.5, 0.6) is 0 Å². The molecule has 0 spiro atoms. The molecule has 0 atom stereocenters. The molecule has 1 amide bonds. The van der Waals surface area contributed by atoms with E-state index in [0.717, 1.165) is 0 Å². The Morgan fingerprint density at radius 3 is 2.85 bits per heavy atom. The Balaban J connectivity index is 3.05. The third kappa shape index (κ3) is 2.61. The summed E-state index contributed by atoms with van der Waals surface area (Å²) in [5.74, 6) is 3.76. The van der Waals surface area contributed by atoms with E-state index in [0.29, 0.717) is 0 Å². The molecule has 0 radical (unpaired) electrons. The number of nitrogen functional groups attached to an aromatic ring is 1. The van der Waals surface area contributed by atoms with E-state index in [-0.39, 0.29) is 16.7 Å². The zero-order valence-corrected chi connectivity index (χ0v) is 7.17. The fraction of sp³-hybridized carbons (Fsp3) is 0. The summed E-state index contributed by atoms with van der Waals surface area (Å²) < 4.78 is 0. The van der Waals surface area contributed by atoms with Gasteiger partial charge in [-0.15, -0.1) is 0 Å². The lowest BCUT2D eigenvalue weighted by molar-refractivity contribution is -0.112. The van der Waals surface area contributed by atoms with Gasteiger partial charge in [0.2, 0.25) is 0 Å². The Labute approximate surface area is 79.1 Å². The Bertz CT molecular complexity index is 407. The van der Waals surface area contributed by atoms with Gasteiger partial charge >= 0.3 is 0 Å². The number of rotatable bonds is 0. The van der Waals surface area contributed by atoms with Gasteiger partial charge in [-0.3, -0.25) is 4.79 Å². The molecule has 5 nitrogen and oxygen atoms in total. The monoisotopic (exact) mass is 196 g/mol. The van der Waals surface area contributed by atoms with Crippen LogP contribution in [0.1, 0.15) is 5.69 Å². The second-order valence-corrected chi connectivity index (χ2v) is 2.43. The van der Waals surface area contributed by atoms with Crippen molar-refractivity contribution in [1.82, 2.24) is 9.97 Å². The number of nitrogens with two attached hydrogens (primary N) is 2. The van der Waals surface area contributed by atoms with E-state index >= 15 is 0 Å². The molecule has 6 heteroatoms. The molecule has 1 heterocycles. The van der Waals surface area contributed by atoms with Crippen molar-refractivity contribution in [3.05, 3.63) is 17.0 Å². The fourth-order valence-electron chi connectivity index (χ4n) is 0.598. The third-order valence-electron chi connectivity index (χ3n) is 1.07. The number of amides is 1. The lowest BCUT2D eigenvalue weighted by Gasteiger charge is -1.94. The van der Waals surface area contributed by atoms with Crippen molar-refractivity contribution in [3.8, 4) is 11.8 Å². The molecule has 0 fully saturated rings. The predicted molar refractivity (Wildman–Crippen MR) is 47.5 cm³/mol. The van der Waals surface area contributed by atoms with Gasteiger partial charge in [-0.1, -0.05) is 11.6 Å². The fourth-order valence-corrected chi connectivity index (χ4v) is 0.738. The summed E-state index contributed by atoms with van der Waals surface area (Å²) in [7, 11) is 0. The van der Waals surface area contributed by atoms with Gasteiger partial charge in [0.05, 0.1) is 6.20 Å². The molecule has 0 bridgehead atoms. The number of primary amides is 1. The highest BCUT2D eigenvalue weighted by molar-refractivity contribution is 6.29. The smallest absolute Gasteiger partial charge is 0.293 e. The first-order valence-corrected chi connectivity index (χ1v) is 3.57. The van der Waals surface area contributed by atoms with E-state index in [1.165, 1.54) is 6.20 Å². The maximum absolute atomic E-state index is 10.3. The second kappa shape index (κ2) is 3.74. The summed E-state index contributed by atoms with van der Waals surface area (Å²) in [6.45, 7) is 0. The lowest BCUT2D eigenvalue weighted by atomic mass is 10.4. The molecule has 0 saturated heterocycles. The molecule has 66 valence electrons. The molecule has 1 rings (SSSR count). The van der Waals surface area contributed by atoms with E-state index in [9.17, 15) is 4.79 Å². The van der Waals surface area contributed by atoms with Crippen molar-refractivity contribution in [1.29, 1.82) is 0 Å². The Morgan fingerprint density at radius 2 is 2.31 bits per heavy atom. The van der Waals surface area contributed by atoms with Crippen LogP contribution >= 0.6 is 11.6 Å². The summed E-state index contributed by atoms with van der Waals surface area (Å²) in [6, 6.07) is 0. The van der Waals surface area contributed by atoms with Gasteiger partial charge in [0.15, 0.2) is 11.5 Å². The highest BCUT2D eigenvalue weighted by Crippen LogP contribution is 2.07. The van der Waals surface area contributed by atoms with Crippen LogP contribution < -0.4 is 11.5 Å². The van der Waals surface area contributed by atoms with Gasteiger partial charge in [-0.25, -0.2) is 9.97 Å². The molecule has 1 aromatic heterocycles. The van der Waals surface area contributed by atoms with Crippen LogP contribution in [-0.2, 0) is 4.79 Å². The first-order valence-electron chi connectivity index (χ1n) is 3.19. The van der Waals surface area contributed by atoms with Crippen LogP contribution in [0.3, 0.4) is 0 Å². The van der Waals surface area contributed by atoms with Gasteiger partial charge in [0.25, 0.3) is 5.91 Å². The maximum atomic E-state index is 10.3. The number of hydrogen-bond donors (Lipinski definition) is 2.